The lowest BCUT2D eigenvalue weighted by molar-refractivity contribution is -0.128. The summed E-state index contributed by atoms with van der Waals surface area (Å²) in [6.45, 7) is 1.32. The van der Waals surface area contributed by atoms with Gasteiger partial charge in [-0.15, -0.1) is 0 Å². The third-order valence-electron chi connectivity index (χ3n) is 3.17. The van der Waals surface area contributed by atoms with Crippen LogP contribution in [0.5, 0.6) is 0 Å². The Kier molecular flexibility index (Phi) is 4.34. The number of benzene rings is 1. The SMILES string of the molecule is O=C(CC1CCNC1=O)NCCc1ccccc1. The van der Waals surface area contributed by atoms with E-state index in [1.54, 1.807) is 0 Å². The maximum atomic E-state index is 11.6. The van der Waals surface area contributed by atoms with Gasteiger partial charge in [-0.3, -0.25) is 9.59 Å². The van der Waals surface area contributed by atoms with Gasteiger partial charge in [0.2, 0.25) is 11.8 Å². The summed E-state index contributed by atoms with van der Waals surface area (Å²) in [4.78, 5) is 23.0. The topological polar surface area (TPSA) is 58.2 Å². The van der Waals surface area contributed by atoms with Gasteiger partial charge in [0.1, 0.15) is 0 Å². The Morgan fingerprint density at radius 1 is 1.33 bits per heavy atom. The van der Waals surface area contributed by atoms with Crippen LogP contribution in [0.4, 0.5) is 0 Å². The molecule has 0 aromatic heterocycles. The highest BCUT2D eigenvalue weighted by molar-refractivity contribution is 5.86. The van der Waals surface area contributed by atoms with Crippen molar-refractivity contribution in [1.29, 1.82) is 0 Å². The van der Waals surface area contributed by atoms with E-state index < -0.39 is 0 Å². The van der Waals surface area contributed by atoms with Crippen molar-refractivity contribution in [2.24, 2.45) is 5.92 Å². The second-order valence-electron chi connectivity index (χ2n) is 4.57. The standard InChI is InChI=1S/C14H18N2O2/c17-13(10-12-7-9-16-14(12)18)15-8-6-11-4-2-1-3-5-11/h1-5,12H,6-10H2,(H,15,17)(H,16,18). The Hall–Kier alpha value is -1.84. The normalized spacial score (nSPS) is 18.4. The highest BCUT2D eigenvalue weighted by atomic mass is 16.2. The summed E-state index contributed by atoms with van der Waals surface area (Å²) in [6, 6.07) is 10.0. The minimum Gasteiger partial charge on any atom is -0.356 e. The van der Waals surface area contributed by atoms with Crippen molar-refractivity contribution in [1.82, 2.24) is 10.6 Å². The Morgan fingerprint density at radius 2 is 2.11 bits per heavy atom. The predicted octanol–water partition coefficient (Wildman–Crippen LogP) is 0.871. The Labute approximate surface area is 107 Å². The van der Waals surface area contributed by atoms with Crippen LogP contribution < -0.4 is 10.6 Å². The highest BCUT2D eigenvalue weighted by Crippen LogP contribution is 2.13. The molecule has 1 atom stereocenters. The monoisotopic (exact) mass is 246 g/mol. The molecule has 2 rings (SSSR count). The quantitative estimate of drug-likeness (QED) is 0.810. The van der Waals surface area contributed by atoms with Gasteiger partial charge in [0.05, 0.1) is 0 Å². The van der Waals surface area contributed by atoms with Crippen molar-refractivity contribution in [2.75, 3.05) is 13.1 Å². The lowest BCUT2D eigenvalue weighted by Crippen LogP contribution is -2.29. The maximum Gasteiger partial charge on any atom is 0.223 e. The van der Waals surface area contributed by atoms with E-state index in [2.05, 4.69) is 10.6 Å². The van der Waals surface area contributed by atoms with Crippen LogP contribution in [0, 0.1) is 5.92 Å². The zero-order valence-electron chi connectivity index (χ0n) is 10.3. The van der Waals surface area contributed by atoms with Crippen LogP contribution in [0.1, 0.15) is 18.4 Å². The van der Waals surface area contributed by atoms with Crippen LogP contribution in [0.2, 0.25) is 0 Å². The average molecular weight is 246 g/mol. The van der Waals surface area contributed by atoms with E-state index in [1.807, 2.05) is 30.3 Å². The van der Waals surface area contributed by atoms with Crippen molar-refractivity contribution >= 4 is 11.8 Å². The zero-order chi connectivity index (χ0) is 12.8. The van der Waals surface area contributed by atoms with Crippen LogP contribution in [0.15, 0.2) is 30.3 Å². The van der Waals surface area contributed by atoms with Gasteiger partial charge in [-0.25, -0.2) is 0 Å². The lowest BCUT2D eigenvalue weighted by atomic mass is 10.0. The fourth-order valence-electron chi connectivity index (χ4n) is 2.13. The summed E-state index contributed by atoms with van der Waals surface area (Å²) < 4.78 is 0. The molecule has 1 aromatic rings. The fourth-order valence-corrected chi connectivity index (χ4v) is 2.13. The van der Waals surface area contributed by atoms with Crippen molar-refractivity contribution in [2.45, 2.75) is 19.3 Å². The molecule has 1 aromatic carbocycles. The molecule has 1 heterocycles. The summed E-state index contributed by atoms with van der Waals surface area (Å²) in [6.07, 6.45) is 1.90. The molecule has 4 heteroatoms. The molecule has 1 fully saturated rings. The molecule has 96 valence electrons. The second kappa shape index (κ2) is 6.19. The molecule has 0 bridgehead atoms. The first-order chi connectivity index (χ1) is 8.75. The van der Waals surface area contributed by atoms with Gasteiger partial charge in [0.15, 0.2) is 0 Å². The number of hydrogen-bond acceptors (Lipinski definition) is 2. The number of nitrogens with one attached hydrogen (secondary N) is 2. The Balaban J connectivity index is 1.67. The smallest absolute Gasteiger partial charge is 0.223 e. The summed E-state index contributed by atoms with van der Waals surface area (Å²) >= 11 is 0. The number of rotatable bonds is 5. The molecule has 4 nitrogen and oxygen atoms in total. The summed E-state index contributed by atoms with van der Waals surface area (Å²) in [7, 11) is 0. The molecule has 0 radical (unpaired) electrons. The number of carbonyl (C=O) groups excluding carboxylic acids is 2. The Morgan fingerprint density at radius 3 is 2.78 bits per heavy atom. The molecule has 2 amide bonds. The first-order valence-corrected chi connectivity index (χ1v) is 6.34. The van der Waals surface area contributed by atoms with Gasteiger partial charge < -0.3 is 10.6 Å². The maximum absolute atomic E-state index is 11.6. The lowest BCUT2D eigenvalue weighted by Gasteiger charge is -2.08. The molecular weight excluding hydrogens is 228 g/mol. The van der Waals surface area contributed by atoms with E-state index in [0.29, 0.717) is 19.5 Å². The molecular formula is C14H18N2O2. The zero-order valence-corrected chi connectivity index (χ0v) is 10.3. The average Bonchev–Trinajstić information content (AvgIpc) is 2.76. The Bertz CT molecular complexity index is 417. The molecule has 1 aliphatic heterocycles. The predicted molar refractivity (Wildman–Crippen MR) is 68.9 cm³/mol. The molecule has 2 N–H and O–H groups in total. The molecule has 1 unspecified atom stereocenters. The molecule has 0 spiro atoms. The molecule has 1 aliphatic rings. The van der Waals surface area contributed by atoms with E-state index in [1.165, 1.54) is 5.56 Å². The van der Waals surface area contributed by atoms with E-state index in [0.717, 1.165) is 12.8 Å². The van der Waals surface area contributed by atoms with Crippen LogP contribution in [0.25, 0.3) is 0 Å². The molecule has 18 heavy (non-hydrogen) atoms. The van der Waals surface area contributed by atoms with Gasteiger partial charge in [0, 0.05) is 25.4 Å². The summed E-state index contributed by atoms with van der Waals surface area (Å²) in [5.74, 6) is -0.164. The van der Waals surface area contributed by atoms with E-state index in [4.69, 9.17) is 0 Å². The van der Waals surface area contributed by atoms with Crippen LogP contribution in [-0.4, -0.2) is 24.9 Å². The van der Waals surface area contributed by atoms with Gasteiger partial charge >= 0.3 is 0 Å². The second-order valence-corrected chi connectivity index (χ2v) is 4.57. The van der Waals surface area contributed by atoms with Crippen LogP contribution in [0.3, 0.4) is 0 Å². The van der Waals surface area contributed by atoms with E-state index >= 15 is 0 Å². The first-order valence-electron chi connectivity index (χ1n) is 6.34. The third kappa shape index (κ3) is 3.58. The van der Waals surface area contributed by atoms with Crippen LogP contribution in [-0.2, 0) is 16.0 Å². The highest BCUT2D eigenvalue weighted by Gasteiger charge is 2.26. The van der Waals surface area contributed by atoms with Crippen molar-refractivity contribution in [3.63, 3.8) is 0 Å². The van der Waals surface area contributed by atoms with E-state index in [9.17, 15) is 9.59 Å². The van der Waals surface area contributed by atoms with Gasteiger partial charge in [-0.1, -0.05) is 30.3 Å². The van der Waals surface area contributed by atoms with Crippen molar-refractivity contribution < 1.29 is 9.59 Å². The van der Waals surface area contributed by atoms with E-state index in [-0.39, 0.29) is 17.7 Å². The number of hydrogen-bond donors (Lipinski definition) is 2. The molecule has 1 saturated heterocycles. The molecule has 0 aliphatic carbocycles. The molecule has 0 saturated carbocycles. The number of amides is 2. The minimum absolute atomic E-state index is 0.00760. The first kappa shape index (κ1) is 12.6. The van der Waals surface area contributed by atoms with Gasteiger partial charge in [-0.2, -0.15) is 0 Å². The minimum atomic E-state index is -0.137. The fraction of sp³-hybridized carbons (Fsp3) is 0.429. The van der Waals surface area contributed by atoms with Crippen molar-refractivity contribution in [3.05, 3.63) is 35.9 Å². The van der Waals surface area contributed by atoms with Crippen molar-refractivity contribution in [3.8, 4) is 0 Å². The third-order valence-corrected chi connectivity index (χ3v) is 3.17. The summed E-state index contributed by atoms with van der Waals surface area (Å²) in [5, 5.41) is 5.60. The van der Waals surface area contributed by atoms with Gasteiger partial charge in [0.25, 0.3) is 0 Å². The van der Waals surface area contributed by atoms with Crippen LogP contribution >= 0.6 is 0 Å². The van der Waals surface area contributed by atoms with Gasteiger partial charge in [-0.05, 0) is 18.4 Å². The number of carbonyl (C=O) groups is 2. The summed E-state index contributed by atoms with van der Waals surface area (Å²) in [5.41, 5.74) is 1.21. The largest absolute Gasteiger partial charge is 0.356 e.